The van der Waals surface area contributed by atoms with E-state index in [1.165, 1.54) is 16.8 Å². The third-order valence-electron chi connectivity index (χ3n) is 3.49. The molecule has 7 heteroatoms. The van der Waals surface area contributed by atoms with Crippen molar-refractivity contribution >= 4 is 11.7 Å². The first-order valence-corrected chi connectivity index (χ1v) is 8.12. The molecule has 0 bridgehead atoms. The van der Waals surface area contributed by atoms with E-state index in [0.717, 1.165) is 5.69 Å². The number of non-ortho nitro benzene ring substituents is 1. The second-order valence-corrected chi connectivity index (χ2v) is 7.46. The van der Waals surface area contributed by atoms with Gasteiger partial charge in [-0.05, 0) is 23.5 Å². The van der Waals surface area contributed by atoms with Gasteiger partial charge >= 0.3 is 5.97 Å². The van der Waals surface area contributed by atoms with Gasteiger partial charge in [0, 0.05) is 18.2 Å². The summed E-state index contributed by atoms with van der Waals surface area (Å²) in [7, 11) is 0. The van der Waals surface area contributed by atoms with Crippen LogP contribution < -0.4 is 4.74 Å². The van der Waals surface area contributed by atoms with Gasteiger partial charge in [-0.15, -0.1) is 0 Å². The summed E-state index contributed by atoms with van der Waals surface area (Å²) in [5.74, 6) is 0.122. The molecule has 1 aromatic carbocycles. The summed E-state index contributed by atoms with van der Waals surface area (Å²) < 4.78 is 7.01. The van der Waals surface area contributed by atoms with E-state index >= 15 is 0 Å². The van der Waals surface area contributed by atoms with Gasteiger partial charge in [0.15, 0.2) is 0 Å². The number of ether oxygens (including phenoxy) is 1. The number of nitro benzene ring substituents is 1. The van der Waals surface area contributed by atoms with Crippen LogP contribution in [0.25, 0.3) is 5.69 Å². The maximum atomic E-state index is 12.2. The molecular weight excluding hydrogens is 322 g/mol. The molecule has 0 N–H and O–H groups in total. The van der Waals surface area contributed by atoms with Gasteiger partial charge in [0.2, 0.25) is 5.88 Å². The number of carbonyl (C=O) groups excluding carboxylic acids is 1. The number of aromatic nitrogens is 2. The molecule has 0 saturated heterocycles. The third kappa shape index (κ3) is 4.89. The molecule has 0 spiro atoms. The number of hydrogen-bond donors (Lipinski definition) is 0. The van der Waals surface area contributed by atoms with Gasteiger partial charge in [-0.3, -0.25) is 14.9 Å². The first-order valence-electron chi connectivity index (χ1n) is 8.12. The smallest absolute Gasteiger partial charge is 0.313 e. The predicted octanol–water partition coefficient (Wildman–Crippen LogP) is 4.25. The van der Waals surface area contributed by atoms with Crippen LogP contribution in [0.3, 0.4) is 0 Å². The molecule has 7 nitrogen and oxygen atoms in total. The lowest BCUT2D eigenvalue weighted by Gasteiger charge is -2.16. The lowest BCUT2D eigenvalue weighted by Crippen LogP contribution is -2.18. The van der Waals surface area contributed by atoms with Gasteiger partial charge in [-0.1, -0.05) is 34.6 Å². The summed E-state index contributed by atoms with van der Waals surface area (Å²) >= 11 is 0. The van der Waals surface area contributed by atoms with Crippen LogP contribution in [0.15, 0.2) is 30.3 Å². The van der Waals surface area contributed by atoms with Crippen molar-refractivity contribution in [2.45, 2.75) is 47.0 Å². The van der Waals surface area contributed by atoms with Crippen LogP contribution in [-0.2, 0) is 4.79 Å². The summed E-state index contributed by atoms with van der Waals surface area (Å²) in [6.45, 7) is 9.86. The molecule has 0 amide bonds. The van der Waals surface area contributed by atoms with Crippen LogP contribution in [0.4, 0.5) is 5.69 Å². The minimum absolute atomic E-state index is 0.00809. The van der Waals surface area contributed by atoms with Crippen molar-refractivity contribution in [1.29, 1.82) is 0 Å². The summed E-state index contributed by atoms with van der Waals surface area (Å²) in [5.41, 5.74) is 1.18. The van der Waals surface area contributed by atoms with Crippen LogP contribution >= 0.6 is 0 Å². The van der Waals surface area contributed by atoms with E-state index in [-0.39, 0.29) is 29.4 Å². The number of benzene rings is 1. The molecule has 134 valence electrons. The van der Waals surface area contributed by atoms with E-state index in [2.05, 4.69) is 5.10 Å². The molecule has 0 radical (unpaired) electrons. The number of hydrogen-bond acceptors (Lipinski definition) is 5. The van der Waals surface area contributed by atoms with Crippen molar-refractivity contribution in [3.05, 3.63) is 46.1 Å². The fraction of sp³-hybridized carbons (Fsp3) is 0.444. The van der Waals surface area contributed by atoms with Crippen LogP contribution in [0.1, 0.15) is 52.7 Å². The summed E-state index contributed by atoms with van der Waals surface area (Å²) in [5, 5.41) is 15.3. The Bertz CT molecular complexity index is 771. The van der Waals surface area contributed by atoms with E-state index in [9.17, 15) is 14.9 Å². The highest BCUT2D eigenvalue weighted by Crippen LogP contribution is 2.27. The molecule has 0 unspecified atom stereocenters. The summed E-state index contributed by atoms with van der Waals surface area (Å²) in [6, 6.07) is 7.68. The largest absolute Gasteiger partial charge is 0.407 e. The number of rotatable bonds is 5. The molecule has 2 rings (SSSR count). The Kier molecular flexibility index (Phi) is 5.25. The zero-order valence-electron chi connectivity index (χ0n) is 15.1. The molecule has 0 saturated carbocycles. The van der Waals surface area contributed by atoms with E-state index in [1.54, 1.807) is 18.2 Å². The summed E-state index contributed by atoms with van der Waals surface area (Å²) in [6.07, 6.45) is 0.273. The fourth-order valence-corrected chi connectivity index (χ4v) is 2.22. The average molecular weight is 345 g/mol. The van der Waals surface area contributed by atoms with Crippen LogP contribution in [0.2, 0.25) is 0 Å². The van der Waals surface area contributed by atoms with E-state index < -0.39 is 4.92 Å². The first kappa shape index (κ1) is 18.6. The normalized spacial score (nSPS) is 11.6. The number of esters is 1. The third-order valence-corrected chi connectivity index (χ3v) is 3.49. The van der Waals surface area contributed by atoms with Crippen LogP contribution in [0, 0.1) is 15.5 Å². The Morgan fingerprint density at radius 1 is 1.28 bits per heavy atom. The van der Waals surface area contributed by atoms with Crippen molar-refractivity contribution in [3.8, 4) is 11.6 Å². The van der Waals surface area contributed by atoms with Crippen molar-refractivity contribution in [3.63, 3.8) is 0 Å². The number of nitrogens with zero attached hydrogens (tertiary/aromatic N) is 3. The first-order chi connectivity index (χ1) is 11.6. The van der Waals surface area contributed by atoms with Gasteiger partial charge in [0.1, 0.15) is 0 Å². The molecule has 0 aliphatic rings. The average Bonchev–Trinajstić information content (AvgIpc) is 2.89. The lowest BCUT2D eigenvalue weighted by atomic mass is 9.92. The second kappa shape index (κ2) is 7.04. The molecule has 2 aromatic rings. The van der Waals surface area contributed by atoms with E-state index in [0.29, 0.717) is 11.6 Å². The van der Waals surface area contributed by atoms with Crippen molar-refractivity contribution in [2.24, 2.45) is 5.41 Å². The highest BCUT2D eigenvalue weighted by molar-refractivity contribution is 5.72. The Hall–Kier alpha value is -2.70. The second-order valence-electron chi connectivity index (χ2n) is 7.46. The zero-order chi connectivity index (χ0) is 18.8. The molecule has 0 aliphatic carbocycles. The lowest BCUT2D eigenvalue weighted by molar-refractivity contribution is -0.384. The fourth-order valence-electron chi connectivity index (χ4n) is 2.22. The van der Waals surface area contributed by atoms with Crippen molar-refractivity contribution in [1.82, 2.24) is 9.78 Å². The van der Waals surface area contributed by atoms with Crippen LogP contribution in [-0.4, -0.2) is 20.7 Å². The van der Waals surface area contributed by atoms with Crippen molar-refractivity contribution in [2.75, 3.05) is 0 Å². The summed E-state index contributed by atoms with van der Waals surface area (Å²) in [4.78, 5) is 22.5. The highest BCUT2D eigenvalue weighted by Gasteiger charge is 2.21. The molecule has 1 heterocycles. The van der Waals surface area contributed by atoms with Gasteiger partial charge in [0.25, 0.3) is 5.69 Å². The van der Waals surface area contributed by atoms with E-state index in [4.69, 9.17) is 4.74 Å². The maximum Gasteiger partial charge on any atom is 0.313 e. The SMILES string of the molecule is CC(C)c1cc(OC(=O)CC(C)(C)C)n(-c2ccc([N+](=O)[O-])cc2)n1. The van der Waals surface area contributed by atoms with Gasteiger partial charge in [-0.2, -0.15) is 5.10 Å². The van der Waals surface area contributed by atoms with Crippen molar-refractivity contribution < 1.29 is 14.5 Å². The van der Waals surface area contributed by atoms with Gasteiger partial charge in [-0.25, -0.2) is 4.68 Å². The quantitative estimate of drug-likeness (QED) is 0.459. The molecular formula is C18H23N3O4. The monoisotopic (exact) mass is 345 g/mol. The highest BCUT2D eigenvalue weighted by atomic mass is 16.6. The Morgan fingerprint density at radius 2 is 1.88 bits per heavy atom. The predicted molar refractivity (Wildman–Crippen MR) is 94.0 cm³/mol. The zero-order valence-corrected chi connectivity index (χ0v) is 15.1. The standard InChI is InChI=1S/C18H23N3O4/c1-12(2)15-10-16(25-17(22)11-18(3,4)5)20(19-15)13-6-8-14(9-7-13)21(23)24/h6-10,12H,11H2,1-5H3. The minimum atomic E-state index is -0.462. The van der Waals surface area contributed by atoms with E-state index in [1.807, 2.05) is 34.6 Å². The Balaban J connectivity index is 2.36. The Morgan fingerprint density at radius 3 is 2.36 bits per heavy atom. The topological polar surface area (TPSA) is 87.3 Å². The minimum Gasteiger partial charge on any atom is -0.407 e. The molecule has 0 aliphatic heterocycles. The Labute approximate surface area is 146 Å². The molecule has 0 fully saturated rings. The van der Waals surface area contributed by atoms with Gasteiger partial charge in [0.05, 0.1) is 22.7 Å². The maximum absolute atomic E-state index is 12.2. The molecule has 1 aromatic heterocycles. The molecule has 0 atom stereocenters. The molecule has 25 heavy (non-hydrogen) atoms. The number of nitro groups is 1. The van der Waals surface area contributed by atoms with Crippen LogP contribution in [0.5, 0.6) is 5.88 Å². The number of carbonyl (C=O) groups is 1. The van der Waals surface area contributed by atoms with Gasteiger partial charge < -0.3 is 4.74 Å².